The highest BCUT2D eigenvalue weighted by atomic mass is 31.2. The second kappa shape index (κ2) is 15.7. The first-order chi connectivity index (χ1) is 18.7. The van der Waals surface area contributed by atoms with Crippen molar-refractivity contribution in [3.8, 4) is 0 Å². The fourth-order valence-corrected chi connectivity index (χ4v) is 5.06. The first kappa shape index (κ1) is 31.5. The van der Waals surface area contributed by atoms with Crippen LogP contribution in [0.5, 0.6) is 0 Å². The number of imidazole rings is 1. The number of anilines is 1. The summed E-state index contributed by atoms with van der Waals surface area (Å²) < 4.78 is 22.3. The molecule has 1 aliphatic rings. The summed E-state index contributed by atoms with van der Waals surface area (Å²) in [6.07, 6.45) is 12.3. The van der Waals surface area contributed by atoms with Gasteiger partial charge < -0.3 is 30.1 Å². The van der Waals surface area contributed by atoms with Gasteiger partial charge in [-0.15, -0.1) is 0 Å². The summed E-state index contributed by atoms with van der Waals surface area (Å²) >= 11 is 0. The van der Waals surface area contributed by atoms with E-state index in [1.54, 1.807) is 0 Å². The average Bonchev–Trinajstić information content (AvgIpc) is 3.44. The molecule has 0 unspecified atom stereocenters. The van der Waals surface area contributed by atoms with Gasteiger partial charge in [0.1, 0.15) is 24.6 Å². The van der Waals surface area contributed by atoms with Crippen LogP contribution in [-0.4, -0.2) is 70.3 Å². The van der Waals surface area contributed by atoms with Crippen molar-refractivity contribution in [2.24, 2.45) is 0 Å². The number of unbranched alkanes of at least 4 members (excludes halogenated alkanes) is 11. The topological polar surface area (TPSA) is 189 Å². The minimum absolute atomic E-state index is 0.182. The molecule has 0 saturated carbocycles. The van der Waals surface area contributed by atoms with Crippen LogP contribution < -0.4 is 5.32 Å². The first-order valence-electron chi connectivity index (χ1n) is 13.9. The van der Waals surface area contributed by atoms with E-state index in [0.29, 0.717) is 6.42 Å². The van der Waals surface area contributed by atoms with Crippen LogP contribution in [-0.2, 0) is 18.6 Å². The standard InChI is InChI=1S/C25H42N5O8P/c1-2-3-4-5-6-7-8-9-10-11-12-13-14-19(31)29-23-20-24(27-16-26-23)30(17-28-20)25-22(33)21(32)18(38-25)15-37-39(34,35)36/h16-18,21-22,25,32-33H,2-15H2,1H3,(H2,34,35,36)(H,26,27,29,31)/t18-,21-,22-,25-/m1/s1. The highest BCUT2D eigenvalue weighted by molar-refractivity contribution is 7.46. The normalized spacial score (nSPS) is 21.6. The lowest BCUT2D eigenvalue weighted by atomic mass is 10.0. The van der Waals surface area contributed by atoms with Gasteiger partial charge in [0.05, 0.1) is 12.9 Å². The SMILES string of the molecule is CCCCCCCCCCCCCCC(=O)Nc1ncnc2c1ncn2[C@@H]1O[C@H](COP(=O)(O)O)[C@@H](O)[C@H]1O. The molecule has 3 rings (SSSR count). The third-order valence-corrected chi connectivity index (χ3v) is 7.38. The predicted molar refractivity (Wildman–Crippen MR) is 144 cm³/mol. The highest BCUT2D eigenvalue weighted by Gasteiger charge is 2.45. The van der Waals surface area contributed by atoms with Crippen molar-refractivity contribution >= 4 is 30.7 Å². The number of nitrogens with zero attached hydrogens (tertiary/aromatic N) is 4. The van der Waals surface area contributed by atoms with Gasteiger partial charge in [-0.25, -0.2) is 19.5 Å². The first-order valence-corrected chi connectivity index (χ1v) is 15.4. The maximum absolute atomic E-state index is 12.5. The maximum Gasteiger partial charge on any atom is 0.469 e. The fraction of sp³-hybridized carbons (Fsp3) is 0.760. The quantitative estimate of drug-likeness (QED) is 0.130. The summed E-state index contributed by atoms with van der Waals surface area (Å²) in [7, 11) is -4.78. The molecular formula is C25H42N5O8P. The van der Waals surface area contributed by atoms with E-state index in [4.69, 9.17) is 14.5 Å². The number of aliphatic hydroxyl groups excluding tert-OH is 2. The van der Waals surface area contributed by atoms with Gasteiger partial charge in [-0.3, -0.25) is 13.9 Å². The molecule has 2 aromatic rings. The summed E-state index contributed by atoms with van der Waals surface area (Å²) in [5.41, 5.74) is 0.527. The Morgan fingerprint density at radius 1 is 0.974 bits per heavy atom. The van der Waals surface area contributed by atoms with Gasteiger partial charge in [0, 0.05) is 6.42 Å². The Bertz CT molecular complexity index is 1080. The minimum Gasteiger partial charge on any atom is -0.387 e. The van der Waals surface area contributed by atoms with Gasteiger partial charge in [0.25, 0.3) is 0 Å². The highest BCUT2D eigenvalue weighted by Crippen LogP contribution is 2.39. The van der Waals surface area contributed by atoms with Crippen LogP contribution in [0.2, 0.25) is 0 Å². The zero-order valence-electron chi connectivity index (χ0n) is 22.5. The number of carbonyl (C=O) groups is 1. The lowest BCUT2D eigenvalue weighted by Gasteiger charge is -2.16. The molecule has 0 aromatic carbocycles. The van der Waals surface area contributed by atoms with E-state index >= 15 is 0 Å². The number of fused-ring (bicyclic) bond motifs is 1. The van der Waals surface area contributed by atoms with Crippen LogP contribution in [0.15, 0.2) is 12.7 Å². The van der Waals surface area contributed by atoms with Crippen molar-refractivity contribution in [2.45, 2.75) is 115 Å². The number of nitrogens with one attached hydrogen (secondary N) is 1. The van der Waals surface area contributed by atoms with Crippen LogP contribution in [0.3, 0.4) is 0 Å². The Balaban J connectivity index is 1.43. The molecule has 13 nitrogen and oxygen atoms in total. The summed E-state index contributed by atoms with van der Waals surface area (Å²) in [5, 5.41) is 23.5. The Labute approximate surface area is 228 Å². The molecule has 220 valence electrons. The van der Waals surface area contributed by atoms with E-state index in [1.165, 1.54) is 75.0 Å². The zero-order valence-corrected chi connectivity index (χ0v) is 23.4. The zero-order chi connectivity index (χ0) is 28.3. The Hall–Kier alpha value is -1.99. The summed E-state index contributed by atoms with van der Waals surface area (Å²) in [6, 6.07) is 0. The molecule has 5 N–H and O–H groups in total. The van der Waals surface area contributed by atoms with Crippen LogP contribution in [0.25, 0.3) is 11.2 Å². The molecule has 39 heavy (non-hydrogen) atoms. The number of aliphatic hydroxyl groups is 2. The van der Waals surface area contributed by atoms with E-state index in [1.807, 2.05) is 0 Å². The van der Waals surface area contributed by atoms with E-state index < -0.39 is 39.0 Å². The molecule has 0 radical (unpaired) electrons. The molecule has 3 heterocycles. The van der Waals surface area contributed by atoms with Crippen LogP contribution >= 0.6 is 7.82 Å². The fourth-order valence-electron chi connectivity index (χ4n) is 4.72. The number of carbonyl (C=O) groups excluding carboxylic acids is 1. The van der Waals surface area contributed by atoms with E-state index in [-0.39, 0.29) is 22.9 Å². The lowest BCUT2D eigenvalue weighted by Crippen LogP contribution is -2.33. The minimum atomic E-state index is -4.78. The number of hydrogen-bond donors (Lipinski definition) is 5. The number of phosphoric ester groups is 1. The van der Waals surface area contributed by atoms with Gasteiger partial charge in [0.15, 0.2) is 23.2 Å². The number of amides is 1. The molecule has 14 heteroatoms. The lowest BCUT2D eigenvalue weighted by molar-refractivity contribution is -0.116. The summed E-state index contributed by atoms with van der Waals surface area (Å²) in [4.78, 5) is 42.8. The molecular weight excluding hydrogens is 529 g/mol. The second-order valence-electron chi connectivity index (χ2n) is 10.1. The Morgan fingerprint density at radius 2 is 1.59 bits per heavy atom. The second-order valence-corrected chi connectivity index (χ2v) is 11.3. The van der Waals surface area contributed by atoms with E-state index in [2.05, 4.69) is 31.7 Å². The number of hydrogen-bond acceptors (Lipinski definition) is 9. The molecule has 0 bridgehead atoms. The number of phosphoric acid groups is 1. The smallest absolute Gasteiger partial charge is 0.387 e. The molecule has 0 spiro atoms. The van der Waals surface area contributed by atoms with E-state index in [0.717, 1.165) is 19.3 Å². The van der Waals surface area contributed by atoms with Crippen molar-refractivity contribution in [2.75, 3.05) is 11.9 Å². The number of aromatic nitrogens is 4. The van der Waals surface area contributed by atoms with Crippen molar-refractivity contribution in [3.05, 3.63) is 12.7 Å². The van der Waals surface area contributed by atoms with Gasteiger partial charge in [0.2, 0.25) is 5.91 Å². The molecule has 4 atom stereocenters. The molecule has 1 aliphatic heterocycles. The molecule has 0 aliphatic carbocycles. The van der Waals surface area contributed by atoms with Crippen molar-refractivity contribution in [3.63, 3.8) is 0 Å². The molecule has 1 amide bonds. The van der Waals surface area contributed by atoms with Crippen LogP contribution in [0.4, 0.5) is 5.82 Å². The van der Waals surface area contributed by atoms with Crippen LogP contribution in [0, 0.1) is 0 Å². The van der Waals surface area contributed by atoms with Crippen molar-refractivity contribution in [1.82, 2.24) is 19.5 Å². The molecule has 1 fully saturated rings. The summed E-state index contributed by atoms with van der Waals surface area (Å²) in [5.74, 6) is 0.0379. The number of ether oxygens (including phenoxy) is 1. The Kier molecular flexibility index (Phi) is 12.7. The molecule has 1 saturated heterocycles. The maximum atomic E-state index is 12.5. The van der Waals surface area contributed by atoms with E-state index in [9.17, 15) is 19.6 Å². The Morgan fingerprint density at radius 3 is 2.21 bits per heavy atom. The van der Waals surface area contributed by atoms with Gasteiger partial charge in [-0.2, -0.15) is 0 Å². The predicted octanol–water partition coefficient (Wildman–Crippen LogP) is 3.58. The van der Waals surface area contributed by atoms with Gasteiger partial charge in [-0.05, 0) is 6.42 Å². The largest absolute Gasteiger partial charge is 0.469 e. The third kappa shape index (κ3) is 9.86. The molecule has 2 aromatic heterocycles. The van der Waals surface area contributed by atoms with Crippen molar-refractivity contribution < 1.29 is 38.6 Å². The van der Waals surface area contributed by atoms with Gasteiger partial charge >= 0.3 is 7.82 Å². The van der Waals surface area contributed by atoms with Crippen molar-refractivity contribution in [1.29, 1.82) is 0 Å². The average molecular weight is 572 g/mol. The van der Waals surface area contributed by atoms with Gasteiger partial charge in [-0.1, -0.05) is 77.6 Å². The van der Waals surface area contributed by atoms with Crippen LogP contribution in [0.1, 0.15) is 96.6 Å². The third-order valence-electron chi connectivity index (χ3n) is 6.89. The monoisotopic (exact) mass is 571 g/mol. The summed E-state index contributed by atoms with van der Waals surface area (Å²) in [6.45, 7) is 1.61. The number of rotatable bonds is 18.